The summed E-state index contributed by atoms with van der Waals surface area (Å²) in [6.07, 6.45) is 5.28. The van der Waals surface area contributed by atoms with E-state index in [2.05, 4.69) is 0 Å². The molecule has 132 valence electrons. The van der Waals surface area contributed by atoms with Crippen LogP contribution in [0.4, 0.5) is 0 Å². The third-order valence-corrected chi connectivity index (χ3v) is 6.53. The number of nitrogens with zero attached hydrogens (tertiary/aromatic N) is 1. The number of hydrogen-bond donors (Lipinski definition) is 0. The lowest BCUT2D eigenvalue weighted by molar-refractivity contribution is -0.137. The Kier molecular flexibility index (Phi) is 6.43. The number of aryl methyl sites for hydroxylation is 1. The van der Waals surface area contributed by atoms with Gasteiger partial charge in [-0.2, -0.15) is 4.31 Å². The predicted octanol–water partition coefficient (Wildman–Crippen LogP) is 3.31. The fraction of sp³-hybridized carbons (Fsp3) is 0.471. The van der Waals surface area contributed by atoms with Gasteiger partial charge in [0.05, 0.1) is 11.6 Å². The molecule has 0 radical (unpaired) electrons. The third kappa shape index (κ3) is 4.18. The number of sulfonamides is 1. The molecule has 0 aliphatic carbocycles. The van der Waals surface area contributed by atoms with E-state index in [4.69, 9.17) is 16.3 Å². The van der Waals surface area contributed by atoms with Crippen LogP contribution in [0, 0.1) is 6.92 Å². The Morgan fingerprint density at radius 2 is 2.17 bits per heavy atom. The summed E-state index contributed by atoms with van der Waals surface area (Å²) in [4.78, 5) is 11.7. The van der Waals surface area contributed by atoms with Crippen molar-refractivity contribution in [2.75, 3.05) is 13.2 Å². The number of carbonyl (C=O) groups is 1. The van der Waals surface area contributed by atoms with Crippen molar-refractivity contribution in [3.8, 4) is 0 Å². The van der Waals surface area contributed by atoms with Crippen molar-refractivity contribution in [3.63, 3.8) is 0 Å². The number of hydrogen-bond acceptors (Lipinski definition) is 4. The first-order chi connectivity index (χ1) is 11.4. The van der Waals surface area contributed by atoms with Crippen LogP contribution in [0.1, 0.15) is 31.7 Å². The Labute approximate surface area is 148 Å². The number of rotatable bonds is 5. The maximum absolute atomic E-state index is 13.1. The first kappa shape index (κ1) is 19.0. The van der Waals surface area contributed by atoms with Crippen molar-refractivity contribution in [3.05, 3.63) is 40.9 Å². The zero-order valence-corrected chi connectivity index (χ0v) is 15.4. The molecule has 5 nitrogen and oxygen atoms in total. The van der Waals surface area contributed by atoms with Crippen LogP contribution < -0.4 is 0 Å². The summed E-state index contributed by atoms with van der Waals surface area (Å²) in [5.74, 6) is -0.464. The molecule has 0 amide bonds. The summed E-state index contributed by atoms with van der Waals surface area (Å²) in [7, 11) is -3.73. The molecule has 1 aromatic carbocycles. The fourth-order valence-electron chi connectivity index (χ4n) is 2.86. The largest absolute Gasteiger partial charge is 0.463 e. The van der Waals surface area contributed by atoms with Crippen LogP contribution in [0.3, 0.4) is 0 Å². The highest BCUT2D eigenvalue weighted by Crippen LogP contribution is 2.32. The maximum Gasteiger partial charge on any atom is 0.330 e. The van der Waals surface area contributed by atoms with Crippen molar-refractivity contribution in [2.45, 2.75) is 44.0 Å². The number of piperidine rings is 1. The molecule has 0 aromatic heterocycles. The van der Waals surface area contributed by atoms with Crippen molar-refractivity contribution in [1.29, 1.82) is 0 Å². The van der Waals surface area contributed by atoms with Gasteiger partial charge in [-0.15, -0.1) is 0 Å². The first-order valence-electron chi connectivity index (χ1n) is 8.00. The molecule has 1 unspecified atom stereocenters. The lowest BCUT2D eigenvalue weighted by Crippen LogP contribution is -2.43. The van der Waals surface area contributed by atoms with E-state index in [1.807, 2.05) is 0 Å². The average Bonchev–Trinajstić information content (AvgIpc) is 2.53. The van der Waals surface area contributed by atoms with Crippen molar-refractivity contribution >= 4 is 27.6 Å². The smallest absolute Gasteiger partial charge is 0.330 e. The van der Waals surface area contributed by atoms with Gasteiger partial charge in [-0.1, -0.05) is 36.2 Å². The molecule has 2 rings (SSSR count). The summed E-state index contributed by atoms with van der Waals surface area (Å²) in [5.41, 5.74) is 0.612. The second-order valence-corrected chi connectivity index (χ2v) is 7.91. The summed E-state index contributed by atoms with van der Waals surface area (Å²) in [6.45, 7) is 4.15. The van der Waals surface area contributed by atoms with E-state index < -0.39 is 16.0 Å². The summed E-state index contributed by atoms with van der Waals surface area (Å²) < 4.78 is 32.5. The topological polar surface area (TPSA) is 63.7 Å². The van der Waals surface area contributed by atoms with Gasteiger partial charge < -0.3 is 4.74 Å². The Bertz CT molecular complexity index is 710. The molecule has 1 saturated heterocycles. The quantitative estimate of drug-likeness (QED) is 0.588. The van der Waals surface area contributed by atoms with Crippen LogP contribution in [0.5, 0.6) is 0 Å². The molecule has 0 bridgehead atoms. The van der Waals surface area contributed by atoms with E-state index in [9.17, 15) is 13.2 Å². The highest BCUT2D eigenvalue weighted by atomic mass is 35.5. The van der Waals surface area contributed by atoms with Gasteiger partial charge in [0, 0.05) is 18.7 Å². The van der Waals surface area contributed by atoms with Crippen molar-refractivity contribution in [1.82, 2.24) is 4.31 Å². The monoisotopic (exact) mass is 371 g/mol. The third-order valence-electron chi connectivity index (χ3n) is 3.97. The van der Waals surface area contributed by atoms with Crippen LogP contribution in [0.15, 0.2) is 35.2 Å². The van der Waals surface area contributed by atoms with E-state index in [1.54, 1.807) is 38.1 Å². The number of halogens is 1. The molecule has 7 heteroatoms. The van der Waals surface area contributed by atoms with Gasteiger partial charge in [0.2, 0.25) is 10.0 Å². The van der Waals surface area contributed by atoms with E-state index in [0.717, 1.165) is 12.8 Å². The highest BCUT2D eigenvalue weighted by molar-refractivity contribution is 7.89. The molecule has 0 saturated carbocycles. The molecule has 1 atom stereocenters. The van der Waals surface area contributed by atoms with E-state index in [0.29, 0.717) is 18.5 Å². The van der Waals surface area contributed by atoms with Crippen LogP contribution >= 0.6 is 11.6 Å². The minimum atomic E-state index is -3.73. The maximum atomic E-state index is 13.1. The van der Waals surface area contributed by atoms with Crippen molar-refractivity contribution in [2.24, 2.45) is 0 Å². The number of ether oxygens (including phenoxy) is 1. The van der Waals surface area contributed by atoms with Gasteiger partial charge in [0.1, 0.15) is 4.90 Å². The molecule has 0 N–H and O–H groups in total. The van der Waals surface area contributed by atoms with Gasteiger partial charge in [-0.25, -0.2) is 13.2 Å². The minimum Gasteiger partial charge on any atom is -0.463 e. The Morgan fingerprint density at radius 1 is 1.42 bits per heavy atom. The molecule has 1 fully saturated rings. The fourth-order valence-corrected chi connectivity index (χ4v) is 5.30. The van der Waals surface area contributed by atoms with Crippen LogP contribution in [0.25, 0.3) is 0 Å². The van der Waals surface area contributed by atoms with Crippen molar-refractivity contribution < 1.29 is 17.9 Å². The molecule has 1 heterocycles. The zero-order chi connectivity index (χ0) is 17.7. The van der Waals surface area contributed by atoms with Crippen LogP contribution in [-0.4, -0.2) is 37.9 Å². The standard InChI is InChI=1S/C17H22ClNO4S/c1-3-23-16(20)11-10-14-8-4-5-12-19(14)24(21,22)17-13(2)7-6-9-15(17)18/h6-7,9-11,14H,3-5,8,12H2,1-2H3. The second kappa shape index (κ2) is 8.14. The van der Waals surface area contributed by atoms with Crippen LogP contribution in [0.2, 0.25) is 5.02 Å². The normalized spacial score (nSPS) is 19.5. The highest BCUT2D eigenvalue weighted by Gasteiger charge is 2.34. The molecule has 1 aromatic rings. The zero-order valence-electron chi connectivity index (χ0n) is 13.9. The SMILES string of the molecule is CCOC(=O)C=CC1CCCCN1S(=O)(=O)c1c(C)cccc1Cl. The lowest BCUT2D eigenvalue weighted by Gasteiger charge is -2.33. The molecular formula is C17H22ClNO4S. The van der Waals surface area contributed by atoms with Crippen LogP contribution in [-0.2, 0) is 19.6 Å². The predicted molar refractivity (Wildman–Crippen MR) is 93.5 cm³/mol. The van der Waals surface area contributed by atoms with Gasteiger partial charge >= 0.3 is 5.97 Å². The number of benzene rings is 1. The van der Waals surface area contributed by atoms with E-state index >= 15 is 0 Å². The van der Waals surface area contributed by atoms with Gasteiger partial charge in [-0.05, 0) is 38.3 Å². The van der Waals surface area contributed by atoms with Gasteiger partial charge in [0.15, 0.2) is 0 Å². The van der Waals surface area contributed by atoms with Gasteiger partial charge in [-0.3, -0.25) is 0 Å². The molecule has 1 aliphatic heterocycles. The Balaban J connectivity index is 2.34. The summed E-state index contributed by atoms with van der Waals surface area (Å²) in [6, 6.07) is 4.66. The summed E-state index contributed by atoms with van der Waals surface area (Å²) in [5, 5.41) is 0.216. The molecule has 1 aliphatic rings. The van der Waals surface area contributed by atoms with E-state index in [1.165, 1.54) is 10.4 Å². The number of esters is 1. The lowest BCUT2D eigenvalue weighted by atomic mass is 10.0. The Morgan fingerprint density at radius 3 is 2.83 bits per heavy atom. The Hall–Kier alpha value is -1.37. The van der Waals surface area contributed by atoms with Gasteiger partial charge in [0.25, 0.3) is 0 Å². The van der Waals surface area contributed by atoms with E-state index in [-0.39, 0.29) is 22.6 Å². The molecule has 0 spiro atoms. The first-order valence-corrected chi connectivity index (χ1v) is 9.81. The molecule has 24 heavy (non-hydrogen) atoms. The summed E-state index contributed by atoms with van der Waals surface area (Å²) >= 11 is 6.15. The minimum absolute atomic E-state index is 0.142. The second-order valence-electron chi connectivity index (χ2n) is 5.68. The number of carbonyl (C=O) groups excluding carboxylic acids is 1. The average molecular weight is 372 g/mol. The molecular weight excluding hydrogens is 350 g/mol.